The number of hydrogen-bond acceptors (Lipinski definition) is 6. The van der Waals surface area contributed by atoms with E-state index in [4.69, 9.17) is 5.26 Å². The van der Waals surface area contributed by atoms with Gasteiger partial charge in [-0.05, 0) is 47.0 Å². The Bertz CT molecular complexity index is 1330. The van der Waals surface area contributed by atoms with Crippen LogP contribution in [0.2, 0.25) is 0 Å². The normalized spacial score (nSPS) is 12.0. The van der Waals surface area contributed by atoms with E-state index in [0.717, 1.165) is 10.8 Å². The topological polar surface area (TPSA) is 117 Å². The van der Waals surface area contributed by atoms with E-state index >= 15 is 0 Å². The molecule has 34 heavy (non-hydrogen) atoms. The van der Waals surface area contributed by atoms with Crippen LogP contribution in [-0.4, -0.2) is 51.9 Å². The molecule has 3 rings (SSSR count). The van der Waals surface area contributed by atoms with Crippen molar-refractivity contribution in [2.75, 3.05) is 20.7 Å². The first kappa shape index (κ1) is 24.9. The van der Waals surface area contributed by atoms with E-state index in [2.05, 4.69) is 9.46 Å². The van der Waals surface area contributed by atoms with Crippen molar-refractivity contribution >= 4 is 32.7 Å². The first-order valence-corrected chi connectivity index (χ1v) is 12.0. The Hall–Kier alpha value is -3.74. The van der Waals surface area contributed by atoms with Gasteiger partial charge in [-0.2, -0.15) is 9.98 Å². The first-order chi connectivity index (χ1) is 16.2. The lowest BCUT2D eigenvalue weighted by molar-refractivity contribution is -0.141. The van der Waals surface area contributed by atoms with Crippen LogP contribution in [0, 0.1) is 11.3 Å². The average molecular weight is 480 g/mol. The van der Waals surface area contributed by atoms with Gasteiger partial charge < -0.3 is 9.64 Å². The molecule has 3 aromatic rings. The molecule has 0 heterocycles. The van der Waals surface area contributed by atoms with Crippen molar-refractivity contribution in [3.8, 4) is 6.07 Å². The van der Waals surface area contributed by atoms with Gasteiger partial charge in [-0.1, -0.05) is 42.5 Å². The number of sulfonamides is 1. The molecule has 1 amide bonds. The van der Waals surface area contributed by atoms with Crippen LogP contribution in [0.1, 0.15) is 17.5 Å². The van der Waals surface area contributed by atoms with Gasteiger partial charge in [-0.3, -0.25) is 9.59 Å². The number of carbonyl (C=O) groups excluding carboxylic acids is 2. The van der Waals surface area contributed by atoms with Crippen molar-refractivity contribution in [2.45, 2.75) is 23.8 Å². The highest BCUT2D eigenvalue weighted by molar-refractivity contribution is 7.89. The summed E-state index contributed by atoms with van der Waals surface area (Å²) in [6, 6.07) is 19.6. The molecule has 0 aliphatic carbocycles. The number of benzene rings is 3. The van der Waals surface area contributed by atoms with Crippen LogP contribution in [0.3, 0.4) is 0 Å². The SMILES string of the molecule is COC(=O)CCN(C)C(=O)[C@H](Cc1ccc(C#N)cc1)NS(=O)(=O)c1ccc2ccccc2c1. The fraction of sp³-hybridized carbons (Fsp3) is 0.240. The molecule has 0 saturated carbocycles. The molecule has 176 valence electrons. The van der Waals surface area contributed by atoms with Crippen molar-refractivity contribution < 1.29 is 22.7 Å². The van der Waals surface area contributed by atoms with Gasteiger partial charge in [0.25, 0.3) is 0 Å². The van der Waals surface area contributed by atoms with Crippen molar-refractivity contribution in [3.05, 3.63) is 77.9 Å². The molecule has 9 heteroatoms. The van der Waals surface area contributed by atoms with E-state index in [0.29, 0.717) is 11.1 Å². The molecule has 1 N–H and O–H groups in total. The molecule has 0 aromatic heterocycles. The van der Waals surface area contributed by atoms with Crippen LogP contribution in [0.25, 0.3) is 10.8 Å². The minimum atomic E-state index is -4.04. The van der Waals surface area contributed by atoms with E-state index in [1.807, 2.05) is 30.3 Å². The number of nitriles is 1. The highest BCUT2D eigenvalue weighted by Gasteiger charge is 2.28. The fourth-order valence-corrected chi connectivity index (χ4v) is 4.68. The summed E-state index contributed by atoms with van der Waals surface area (Å²) in [6.45, 7) is 0.0765. The minimum Gasteiger partial charge on any atom is -0.469 e. The molecule has 3 aromatic carbocycles. The van der Waals surface area contributed by atoms with E-state index in [1.54, 1.807) is 36.4 Å². The van der Waals surface area contributed by atoms with Gasteiger partial charge in [0.1, 0.15) is 6.04 Å². The molecule has 0 bridgehead atoms. The summed E-state index contributed by atoms with van der Waals surface area (Å²) < 4.78 is 33.6. The monoisotopic (exact) mass is 479 g/mol. The van der Waals surface area contributed by atoms with E-state index < -0.39 is 27.9 Å². The van der Waals surface area contributed by atoms with E-state index in [1.165, 1.54) is 25.1 Å². The quantitative estimate of drug-likeness (QED) is 0.472. The Morgan fingerprint density at radius 2 is 1.74 bits per heavy atom. The predicted molar refractivity (Wildman–Crippen MR) is 127 cm³/mol. The van der Waals surface area contributed by atoms with Gasteiger partial charge in [-0.15, -0.1) is 0 Å². The third-order valence-electron chi connectivity index (χ3n) is 5.40. The second-order valence-corrected chi connectivity index (χ2v) is 9.50. The third-order valence-corrected chi connectivity index (χ3v) is 6.87. The summed E-state index contributed by atoms with van der Waals surface area (Å²) >= 11 is 0. The van der Waals surface area contributed by atoms with Gasteiger partial charge in [-0.25, -0.2) is 8.42 Å². The maximum Gasteiger partial charge on any atom is 0.307 e. The standard InChI is InChI=1S/C25H25N3O5S/c1-28(14-13-24(29)33-2)25(30)23(15-18-7-9-19(17-26)10-8-18)27-34(31,32)22-12-11-20-5-3-4-6-21(20)16-22/h3-12,16,23,27H,13-15H2,1-2H3/t23-/m0/s1. The Morgan fingerprint density at radius 3 is 2.38 bits per heavy atom. The minimum absolute atomic E-state index is 0.0141. The number of ether oxygens (including phenoxy) is 1. The summed E-state index contributed by atoms with van der Waals surface area (Å²) in [5, 5.41) is 10.7. The largest absolute Gasteiger partial charge is 0.469 e. The number of methoxy groups -OCH3 is 1. The average Bonchev–Trinajstić information content (AvgIpc) is 2.86. The zero-order valence-electron chi connectivity index (χ0n) is 18.9. The van der Waals surface area contributed by atoms with Crippen LogP contribution >= 0.6 is 0 Å². The van der Waals surface area contributed by atoms with Crippen LogP contribution in [-0.2, 0) is 30.8 Å². The molecule has 0 radical (unpaired) electrons. The number of esters is 1. The zero-order valence-corrected chi connectivity index (χ0v) is 19.7. The Morgan fingerprint density at radius 1 is 1.06 bits per heavy atom. The van der Waals surface area contributed by atoms with Gasteiger partial charge in [0.15, 0.2) is 0 Å². The summed E-state index contributed by atoms with van der Waals surface area (Å²) in [4.78, 5) is 26.0. The molecule has 0 saturated heterocycles. The number of likely N-dealkylation sites (N-methyl/N-ethyl adjacent to an activating group) is 1. The molecule has 8 nitrogen and oxygen atoms in total. The first-order valence-electron chi connectivity index (χ1n) is 10.6. The second-order valence-electron chi connectivity index (χ2n) is 7.78. The van der Waals surface area contributed by atoms with Gasteiger partial charge >= 0.3 is 5.97 Å². The van der Waals surface area contributed by atoms with Crippen LogP contribution < -0.4 is 4.72 Å². The fourth-order valence-electron chi connectivity index (χ4n) is 3.46. The molecule has 0 unspecified atom stereocenters. The molecule has 0 aliphatic rings. The Kier molecular flexibility index (Phi) is 7.99. The molecule has 0 spiro atoms. The molecule has 0 aliphatic heterocycles. The summed E-state index contributed by atoms with van der Waals surface area (Å²) in [7, 11) is -1.28. The lowest BCUT2D eigenvalue weighted by Crippen LogP contribution is -2.48. The number of rotatable bonds is 9. The number of carbonyl (C=O) groups is 2. The third kappa shape index (κ3) is 6.19. The molecular weight excluding hydrogens is 454 g/mol. The summed E-state index contributed by atoms with van der Waals surface area (Å²) in [6.07, 6.45) is 0.0552. The van der Waals surface area contributed by atoms with Crippen LogP contribution in [0.5, 0.6) is 0 Å². The number of nitrogens with one attached hydrogen (secondary N) is 1. The van der Waals surface area contributed by atoms with Crippen LogP contribution in [0.4, 0.5) is 0 Å². The van der Waals surface area contributed by atoms with E-state index in [-0.39, 0.29) is 24.3 Å². The van der Waals surface area contributed by atoms with Crippen molar-refractivity contribution in [1.29, 1.82) is 5.26 Å². The Labute approximate surface area is 198 Å². The number of fused-ring (bicyclic) bond motifs is 1. The van der Waals surface area contributed by atoms with Gasteiger partial charge in [0.05, 0.1) is 30.1 Å². The summed E-state index contributed by atoms with van der Waals surface area (Å²) in [5.74, 6) is -0.960. The highest BCUT2D eigenvalue weighted by atomic mass is 32.2. The molecule has 0 fully saturated rings. The van der Waals surface area contributed by atoms with Crippen molar-refractivity contribution in [3.63, 3.8) is 0 Å². The van der Waals surface area contributed by atoms with E-state index in [9.17, 15) is 18.0 Å². The van der Waals surface area contributed by atoms with Gasteiger partial charge in [0.2, 0.25) is 15.9 Å². The maximum absolute atomic E-state index is 13.2. The Balaban J connectivity index is 1.88. The number of hydrogen-bond donors (Lipinski definition) is 1. The van der Waals surface area contributed by atoms with Gasteiger partial charge in [0, 0.05) is 13.6 Å². The van der Waals surface area contributed by atoms with Crippen molar-refractivity contribution in [2.24, 2.45) is 0 Å². The maximum atomic E-state index is 13.2. The number of nitrogens with zero attached hydrogens (tertiary/aromatic N) is 2. The second kappa shape index (κ2) is 10.9. The smallest absolute Gasteiger partial charge is 0.307 e. The molecular formula is C25H25N3O5S. The van der Waals surface area contributed by atoms with Crippen molar-refractivity contribution in [1.82, 2.24) is 9.62 Å². The molecule has 1 atom stereocenters. The predicted octanol–water partition coefficient (Wildman–Crippen LogP) is 2.62. The lowest BCUT2D eigenvalue weighted by atomic mass is 10.0. The number of amides is 1. The highest BCUT2D eigenvalue weighted by Crippen LogP contribution is 2.20. The zero-order chi connectivity index (χ0) is 24.7. The summed E-state index contributed by atoms with van der Waals surface area (Å²) in [5.41, 5.74) is 1.14. The lowest BCUT2D eigenvalue weighted by Gasteiger charge is -2.24. The van der Waals surface area contributed by atoms with Crippen LogP contribution in [0.15, 0.2) is 71.6 Å².